The van der Waals surface area contributed by atoms with Crippen molar-refractivity contribution in [1.82, 2.24) is 4.90 Å². The Kier molecular flexibility index (Phi) is 4.90. The number of hydrogen-bond acceptors (Lipinski definition) is 5. The lowest BCUT2D eigenvalue weighted by molar-refractivity contribution is -0.136. The lowest BCUT2D eigenvalue weighted by Crippen LogP contribution is -2.24. The standard InChI is InChI=1S/C19H21NO3S/c1-20-10-8-17-15(9-11-24-17)18(16(12-20)19(21)23-3)13-4-6-14(22-2)7-5-13/h4-7,9,11-12,18H,8,10H2,1-3H3/b16-12+. The van der Waals surface area contributed by atoms with Gasteiger partial charge < -0.3 is 14.4 Å². The number of nitrogens with zero attached hydrogens (tertiary/aromatic N) is 1. The Labute approximate surface area is 146 Å². The van der Waals surface area contributed by atoms with Gasteiger partial charge in [0.1, 0.15) is 5.75 Å². The number of thiophene rings is 1. The molecule has 0 saturated heterocycles. The van der Waals surface area contributed by atoms with E-state index in [0.717, 1.165) is 24.3 Å². The lowest BCUT2D eigenvalue weighted by Gasteiger charge is -2.26. The fraction of sp³-hybridized carbons (Fsp3) is 0.316. The van der Waals surface area contributed by atoms with Gasteiger partial charge in [-0.3, -0.25) is 0 Å². The second kappa shape index (κ2) is 7.09. The minimum atomic E-state index is -0.290. The lowest BCUT2D eigenvalue weighted by atomic mass is 9.84. The first kappa shape index (κ1) is 16.6. The van der Waals surface area contributed by atoms with E-state index in [1.54, 1.807) is 18.4 Å². The molecule has 3 rings (SSSR count). The Balaban J connectivity index is 2.15. The molecule has 2 aromatic rings. The summed E-state index contributed by atoms with van der Waals surface area (Å²) in [5, 5.41) is 2.10. The van der Waals surface area contributed by atoms with Crippen LogP contribution in [-0.2, 0) is 16.0 Å². The summed E-state index contributed by atoms with van der Waals surface area (Å²) in [6, 6.07) is 10.0. The highest BCUT2D eigenvalue weighted by atomic mass is 32.1. The monoisotopic (exact) mass is 343 g/mol. The second-order valence-electron chi connectivity index (χ2n) is 5.81. The molecule has 2 heterocycles. The number of carbonyl (C=O) groups is 1. The van der Waals surface area contributed by atoms with Crippen LogP contribution in [0.5, 0.6) is 5.75 Å². The molecular formula is C19H21NO3S. The van der Waals surface area contributed by atoms with E-state index in [1.807, 2.05) is 37.5 Å². The summed E-state index contributed by atoms with van der Waals surface area (Å²) < 4.78 is 10.3. The topological polar surface area (TPSA) is 38.8 Å². The minimum absolute atomic E-state index is 0.132. The zero-order valence-electron chi connectivity index (χ0n) is 14.1. The van der Waals surface area contributed by atoms with E-state index in [2.05, 4.69) is 16.3 Å². The number of esters is 1. The molecule has 24 heavy (non-hydrogen) atoms. The van der Waals surface area contributed by atoms with Crippen molar-refractivity contribution in [3.63, 3.8) is 0 Å². The third kappa shape index (κ3) is 3.17. The van der Waals surface area contributed by atoms with Crippen molar-refractivity contribution in [2.45, 2.75) is 12.3 Å². The first-order valence-corrected chi connectivity index (χ1v) is 8.72. The summed E-state index contributed by atoms with van der Waals surface area (Å²) in [5.41, 5.74) is 2.90. The Bertz CT molecular complexity index is 748. The van der Waals surface area contributed by atoms with E-state index in [0.29, 0.717) is 5.57 Å². The van der Waals surface area contributed by atoms with Crippen LogP contribution in [0.1, 0.15) is 21.9 Å². The number of methoxy groups -OCH3 is 2. The van der Waals surface area contributed by atoms with Gasteiger partial charge in [0.2, 0.25) is 0 Å². The number of benzene rings is 1. The van der Waals surface area contributed by atoms with E-state index in [9.17, 15) is 4.79 Å². The van der Waals surface area contributed by atoms with Crippen molar-refractivity contribution in [3.8, 4) is 5.75 Å². The van der Waals surface area contributed by atoms with E-state index >= 15 is 0 Å². The molecule has 1 aromatic carbocycles. The fourth-order valence-corrected chi connectivity index (χ4v) is 3.99. The largest absolute Gasteiger partial charge is 0.497 e. The van der Waals surface area contributed by atoms with Gasteiger partial charge in [0.15, 0.2) is 0 Å². The van der Waals surface area contributed by atoms with Gasteiger partial charge in [-0.25, -0.2) is 4.79 Å². The number of ether oxygens (including phenoxy) is 2. The maximum Gasteiger partial charge on any atom is 0.336 e. The van der Waals surface area contributed by atoms with Gasteiger partial charge in [-0.05, 0) is 41.1 Å². The maximum absolute atomic E-state index is 12.5. The summed E-state index contributed by atoms with van der Waals surface area (Å²) in [4.78, 5) is 15.9. The Morgan fingerprint density at radius 3 is 2.62 bits per heavy atom. The number of fused-ring (bicyclic) bond motifs is 1. The van der Waals surface area contributed by atoms with E-state index in [1.165, 1.54) is 17.6 Å². The Hall–Kier alpha value is -2.27. The van der Waals surface area contributed by atoms with Gasteiger partial charge in [-0.1, -0.05) is 12.1 Å². The normalized spacial score (nSPS) is 19.5. The molecule has 0 saturated carbocycles. The highest BCUT2D eigenvalue weighted by Crippen LogP contribution is 2.38. The third-order valence-electron chi connectivity index (χ3n) is 4.32. The third-order valence-corrected chi connectivity index (χ3v) is 5.32. The quantitative estimate of drug-likeness (QED) is 0.801. The molecule has 0 amide bonds. The molecule has 0 radical (unpaired) electrons. The number of carbonyl (C=O) groups excluding carboxylic acids is 1. The zero-order chi connectivity index (χ0) is 17.1. The van der Waals surface area contributed by atoms with Crippen LogP contribution in [0.4, 0.5) is 0 Å². The molecule has 5 heteroatoms. The number of likely N-dealkylation sites (N-methyl/N-ethyl adjacent to an activating group) is 1. The molecule has 1 aliphatic rings. The van der Waals surface area contributed by atoms with Gasteiger partial charge >= 0.3 is 5.97 Å². The summed E-state index contributed by atoms with van der Waals surface area (Å²) in [7, 11) is 5.07. The molecule has 1 aliphatic heterocycles. The van der Waals surface area contributed by atoms with Crippen LogP contribution >= 0.6 is 11.3 Å². The minimum Gasteiger partial charge on any atom is -0.497 e. The predicted molar refractivity (Wildman–Crippen MR) is 95.6 cm³/mol. The molecule has 1 atom stereocenters. The number of hydrogen-bond donors (Lipinski definition) is 0. The molecule has 4 nitrogen and oxygen atoms in total. The summed E-state index contributed by atoms with van der Waals surface area (Å²) >= 11 is 1.75. The van der Waals surface area contributed by atoms with Crippen molar-refractivity contribution >= 4 is 17.3 Å². The Morgan fingerprint density at radius 2 is 1.96 bits per heavy atom. The molecule has 0 N–H and O–H groups in total. The van der Waals surface area contributed by atoms with Gasteiger partial charge in [0, 0.05) is 30.6 Å². The smallest absolute Gasteiger partial charge is 0.336 e. The van der Waals surface area contributed by atoms with Crippen LogP contribution < -0.4 is 4.74 Å². The molecule has 0 bridgehead atoms. The summed E-state index contributed by atoms with van der Waals surface area (Å²) in [5.74, 6) is 0.380. The molecule has 0 fully saturated rings. The average Bonchev–Trinajstić information content (AvgIpc) is 3.05. The average molecular weight is 343 g/mol. The van der Waals surface area contributed by atoms with Crippen molar-refractivity contribution in [3.05, 3.63) is 63.5 Å². The van der Waals surface area contributed by atoms with Crippen LogP contribution in [0.15, 0.2) is 47.5 Å². The summed E-state index contributed by atoms with van der Waals surface area (Å²) in [6.45, 7) is 0.878. The number of rotatable bonds is 3. The van der Waals surface area contributed by atoms with Crippen LogP contribution in [0.25, 0.3) is 0 Å². The van der Waals surface area contributed by atoms with Crippen molar-refractivity contribution in [2.75, 3.05) is 27.8 Å². The highest BCUT2D eigenvalue weighted by Gasteiger charge is 2.29. The van der Waals surface area contributed by atoms with E-state index in [-0.39, 0.29) is 11.9 Å². The maximum atomic E-state index is 12.5. The van der Waals surface area contributed by atoms with Crippen LogP contribution in [0.2, 0.25) is 0 Å². The highest BCUT2D eigenvalue weighted by molar-refractivity contribution is 7.10. The van der Waals surface area contributed by atoms with Gasteiger partial charge in [-0.2, -0.15) is 0 Å². The summed E-state index contributed by atoms with van der Waals surface area (Å²) in [6.07, 6.45) is 2.89. The fourth-order valence-electron chi connectivity index (χ4n) is 3.08. The van der Waals surface area contributed by atoms with E-state index < -0.39 is 0 Å². The molecule has 0 spiro atoms. The van der Waals surface area contributed by atoms with Gasteiger partial charge in [0.25, 0.3) is 0 Å². The second-order valence-corrected chi connectivity index (χ2v) is 6.81. The van der Waals surface area contributed by atoms with Gasteiger partial charge in [-0.15, -0.1) is 11.3 Å². The molecule has 0 aliphatic carbocycles. The first-order chi connectivity index (χ1) is 11.6. The van der Waals surface area contributed by atoms with Crippen LogP contribution in [-0.4, -0.2) is 38.7 Å². The predicted octanol–water partition coefficient (Wildman–Crippen LogP) is 3.43. The first-order valence-electron chi connectivity index (χ1n) is 7.84. The van der Waals surface area contributed by atoms with Gasteiger partial charge in [0.05, 0.1) is 19.8 Å². The molecular weight excluding hydrogens is 322 g/mol. The van der Waals surface area contributed by atoms with Crippen LogP contribution in [0, 0.1) is 0 Å². The molecule has 1 unspecified atom stereocenters. The van der Waals surface area contributed by atoms with Crippen molar-refractivity contribution < 1.29 is 14.3 Å². The van der Waals surface area contributed by atoms with Crippen molar-refractivity contribution in [2.24, 2.45) is 0 Å². The molecule has 126 valence electrons. The van der Waals surface area contributed by atoms with E-state index in [4.69, 9.17) is 9.47 Å². The SMILES string of the molecule is COC(=O)/C1=C/N(C)CCc2sccc2C1c1ccc(OC)cc1. The van der Waals surface area contributed by atoms with Crippen molar-refractivity contribution in [1.29, 1.82) is 0 Å². The Morgan fingerprint density at radius 1 is 1.21 bits per heavy atom. The molecule has 1 aromatic heterocycles. The zero-order valence-corrected chi connectivity index (χ0v) is 14.9. The van der Waals surface area contributed by atoms with Crippen LogP contribution in [0.3, 0.4) is 0 Å².